The van der Waals surface area contributed by atoms with Gasteiger partial charge in [0.1, 0.15) is 11.5 Å². The molecule has 5 heteroatoms. The minimum Gasteiger partial charge on any atom is -0.497 e. The summed E-state index contributed by atoms with van der Waals surface area (Å²) in [5, 5.41) is 6.73. The quantitative estimate of drug-likeness (QED) is 0.571. The Morgan fingerprint density at radius 3 is 2.48 bits per heavy atom. The lowest BCUT2D eigenvalue weighted by molar-refractivity contribution is 0.399. The summed E-state index contributed by atoms with van der Waals surface area (Å²) in [5.74, 6) is 3.12. The van der Waals surface area contributed by atoms with Crippen LogP contribution in [0.4, 0.5) is 0 Å². The zero-order valence-electron chi connectivity index (χ0n) is 15.3. The van der Waals surface area contributed by atoms with E-state index in [1.165, 1.54) is 0 Å². The smallest absolute Gasteiger partial charge is 0.191 e. The van der Waals surface area contributed by atoms with Crippen molar-refractivity contribution in [2.75, 3.05) is 27.3 Å². The number of hydrogen-bond donors (Lipinski definition) is 2. The molecule has 0 aliphatic carbocycles. The molecule has 0 saturated carbocycles. The standard InChI is InChI=1S/C18H31N3O2/c1-7-19-18(21-14(4)13(2)3)20-11-10-15-12-16(22-5)8-9-17(15)23-6/h8-9,12-14H,7,10-11H2,1-6H3,(H2,19,20,21). The van der Waals surface area contributed by atoms with E-state index in [4.69, 9.17) is 9.47 Å². The monoisotopic (exact) mass is 321 g/mol. The number of methoxy groups -OCH3 is 2. The first-order valence-corrected chi connectivity index (χ1v) is 8.27. The number of guanidine groups is 1. The molecule has 0 bridgehead atoms. The maximum absolute atomic E-state index is 5.41. The number of rotatable bonds is 8. The lowest BCUT2D eigenvalue weighted by Crippen LogP contribution is -2.44. The van der Waals surface area contributed by atoms with E-state index in [1.807, 2.05) is 18.2 Å². The normalized spacial score (nSPS) is 12.9. The highest BCUT2D eigenvalue weighted by Gasteiger charge is 2.09. The second-order valence-electron chi connectivity index (χ2n) is 5.87. The lowest BCUT2D eigenvalue weighted by Gasteiger charge is -2.20. The molecule has 23 heavy (non-hydrogen) atoms. The van der Waals surface area contributed by atoms with Gasteiger partial charge in [0, 0.05) is 19.1 Å². The summed E-state index contributed by atoms with van der Waals surface area (Å²) >= 11 is 0. The predicted molar refractivity (Wildman–Crippen MR) is 96.7 cm³/mol. The predicted octanol–water partition coefficient (Wildman–Crippen LogP) is 2.85. The zero-order valence-corrected chi connectivity index (χ0v) is 15.3. The molecule has 0 amide bonds. The van der Waals surface area contributed by atoms with Crippen molar-refractivity contribution in [3.8, 4) is 11.5 Å². The molecule has 0 fully saturated rings. The van der Waals surface area contributed by atoms with Crippen LogP contribution in [0.3, 0.4) is 0 Å². The van der Waals surface area contributed by atoms with E-state index in [-0.39, 0.29) is 0 Å². The Kier molecular flexibility index (Phi) is 8.30. The Morgan fingerprint density at radius 1 is 1.17 bits per heavy atom. The van der Waals surface area contributed by atoms with Gasteiger partial charge < -0.3 is 20.1 Å². The van der Waals surface area contributed by atoms with Gasteiger partial charge in [-0.15, -0.1) is 0 Å². The SMILES string of the molecule is CCNC(=NCCc1cc(OC)ccc1OC)NC(C)C(C)C. The van der Waals surface area contributed by atoms with Gasteiger partial charge in [-0.2, -0.15) is 0 Å². The van der Waals surface area contributed by atoms with Crippen molar-refractivity contribution >= 4 is 5.96 Å². The molecule has 1 unspecified atom stereocenters. The molecule has 1 atom stereocenters. The van der Waals surface area contributed by atoms with Gasteiger partial charge in [0.05, 0.1) is 14.2 Å². The van der Waals surface area contributed by atoms with E-state index in [0.717, 1.165) is 36.0 Å². The average Bonchev–Trinajstić information content (AvgIpc) is 2.54. The molecule has 0 aromatic heterocycles. The number of hydrogen-bond acceptors (Lipinski definition) is 3. The number of nitrogens with zero attached hydrogens (tertiary/aromatic N) is 1. The maximum atomic E-state index is 5.41. The highest BCUT2D eigenvalue weighted by Crippen LogP contribution is 2.24. The Bertz CT molecular complexity index is 501. The van der Waals surface area contributed by atoms with E-state index < -0.39 is 0 Å². The van der Waals surface area contributed by atoms with Crippen molar-refractivity contribution < 1.29 is 9.47 Å². The van der Waals surface area contributed by atoms with Crippen molar-refractivity contribution in [1.82, 2.24) is 10.6 Å². The average molecular weight is 321 g/mol. The fraction of sp³-hybridized carbons (Fsp3) is 0.611. The molecule has 1 aromatic rings. The second kappa shape index (κ2) is 9.98. The van der Waals surface area contributed by atoms with Crippen LogP contribution in [-0.4, -0.2) is 39.3 Å². The van der Waals surface area contributed by atoms with Crippen LogP contribution in [0.15, 0.2) is 23.2 Å². The molecule has 130 valence electrons. The number of aliphatic imine (C=N–C) groups is 1. The van der Waals surface area contributed by atoms with Crippen molar-refractivity contribution in [1.29, 1.82) is 0 Å². The fourth-order valence-electron chi connectivity index (χ4n) is 2.07. The third kappa shape index (κ3) is 6.38. The lowest BCUT2D eigenvalue weighted by atomic mass is 10.1. The Balaban J connectivity index is 2.73. The van der Waals surface area contributed by atoms with Gasteiger partial charge in [-0.05, 0) is 49.9 Å². The van der Waals surface area contributed by atoms with Crippen LogP contribution < -0.4 is 20.1 Å². The summed E-state index contributed by atoms with van der Waals surface area (Å²) < 4.78 is 10.7. The molecule has 0 saturated heterocycles. The summed E-state index contributed by atoms with van der Waals surface area (Å²) in [6, 6.07) is 6.22. The summed E-state index contributed by atoms with van der Waals surface area (Å²) in [6.07, 6.45) is 0.799. The Labute approximate surface area is 140 Å². The zero-order chi connectivity index (χ0) is 17.2. The summed E-state index contributed by atoms with van der Waals surface area (Å²) in [4.78, 5) is 4.66. The minimum absolute atomic E-state index is 0.374. The Morgan fingerprint density at radius 2 is 1.91 bits per heavy atom. The van der Waals surface area contributed by atoms with E-state index >= 15 is 0 Å². The first-order valence-electron chi connectivity index (χ1n) is 8.27. The van der Waals surface area contributed by atoms with Crippen LogP contribution in [0.2, 0.25) is 0 Å². The fourth-order valence-corrected chi connectivity index (χ4v) is 2.07. The van der Waals surface area contributed by atoms with Gasteiger partial charge in [-0.3, -0.25) is 4.99 Å². The number of nitrogens with one attached hydrogen (secondary N) is 2. The first kappa shape index (κ1) is 19.1. The summed E-state index contributed by atoms with van der Waals surface area (Å²) in [7, 11) is 3.36. The molecule has 5 nitrogen and oxygen atoms in total. The van der Waals surface area contributed by atoms with Crippen LogP contribution >= 0.6 is 0 Å². The van der Waals surface area contributed by atoms with E-state index in [2.05, 4.69) is 43.3 Å². The third-order valence-electron chi connectivity index (χ3n) is 3.85. The van der Waals surface area contributed by atoms with Crippen LogP contribution in [0, 0.1) is 5.92 Å². The summed E-state index contributed by atoms with van der Waals surface area (Å²) in [6.45, 7) is 10.2. The molecule has 0 radical (unpaired) electrons. The third-order valence-corrected chi connectivity index (χ3v) is 3.85. The molecular formula is C18H31N3O2. The highest BCUT2D eigenvalue weighted by atomic mass is 16.5. The van der Waals surface area contributed by atoms with Crippen LogP contribution in [0.5, 0.6) is 11.5 Å². The number of ether oxygens (including phenoxy) is 2. The number of benzene rings is 1. The van der Waals surface area contributed by atoms with Crippen molar-refractivity contribution in [2.45, 2.75) is 40.2 Å². The highest BCUT2D eigenvalue weighted by molar-refractivity contribution is 5.80. The van der Waals surface area contributed by atoms with Crippen LogP contribution in [0.25, 0.3) is 0 Å². The van der Waals surface area contributed by atoms with E-state index in [1.54, 1.807) is 14.2 Å². The topological polar surface area (TPSA) is 54.9 Å². The van der Waals surface area contributed by atoms with Gasteiger partial charge in [0.2, 0.25) is 0 Å². The largest absolute Gasteiger partial charge is 0.497 e. The first-order chi connectivity index (χ1) is 11.0. The minimum atomic E-state index is 0.374. The van der Waals surface area contributed by atoms with Gasteiger partial charge >= 0.3 is 0 Å². The van der Waals surface area contributed by atoms with Gasteiger partial charge in [0.25, 0.3) is 0 Å². The van der Waals surface area contributed by atoms with Crippen molar-refractivity contribution in [3.63, 3.8) is 0 Å². The van der Waals surface area contributed by atoms with E-state index in [9.17, 15) is 0 Å². The van der Waals surface area contributed by atoms with Gasteiger partial charge in [0.15, 0.2) is 5.96 Å². The summed E-state index contributed by atoms with van der Waals surface area (Å²) in [5.41, 5.74) is 1.10. The van der Waals surface area contributed by atoms with Crippen molar-refractivity contribution in [3.05, 3.63) is 23.8 Å². The molecule has 1 aromatic carbocycles. The molecule has 0 heterocycles. The second-order valence-corrected chi connectivity index (χ2v) is 5.87. The maximum Gasteiger partial charge on any atom is 0.191 e. The van der Waals surface area contributed by atoms with Gasteiger partial charge in [-0.1, -0.05) is 13.8 Å². The van der Waals surface area contributed by atoms with Crippen LogP contribution in [-0.2, 0) is 6.42 Å². The Hall–Kier alpha value is -1.91. The molecule has 2 N–H and O–H groups in total. The molecular weight excluding hydrogens is 290 g/mol. The molecule has 0 spiro atoms. The van der Waals surface area contributed by atoms with Crippen molar-refractivity contribution in [2.24, 2.45) is 10.9 Å². The van der Waals surface area contributed by atoms with Gasteiger partial charge in [-0.25, -0.2) is 0 Å². The molecule has 0 aliphatic rings. The van der Waals surface area contributed by atoms with Crippen LogP contribution in [0.1, 0.15) is 33.3 Å². The molecule has 1 rings (SSSR count). The molecule has 0 aliphatic heterocycles. The van der Waals surface area contributed by atoms with E-state index in [0.29, 0.717) is 18.5 Å².